The number of aromatic nitrogens is 1. The molecule has 9 heteroatoms. The number of hydrogen-bond donors (Lipinski definition) is 1. The first-order chi connectivity index (χ1) is 9.31. The predicted molar refractivity (Wildman–Crippen MR) is 84.2 cm³/mol. The molecule has 4 nitrogen and oxygen atoms in total. The van der Waals surface area contributed by atoms with Crippen molar-refractivity contribution in [3.05, 3.63) is 50.1 Å². The van der Waals surface area contributed by atoms with Crippen molar-refractivity contribution in [1.29, 1.82) is 0 Å². The van der Waals surface area contributed by atoms with Crippen LogP contribution in [-0.4, -0.2) is 13.4 Å². The van der Waals surface area contributed by atoms with Gasteiger partial charge >= 0.3 is 0 Å². The summed E-state index contributed by atoms with van der Waals surface area (Å²) in [6.45, 7) is 0. The first-order valence-corrected chi connectivity index (χ1v) is 8.50. The van der Waals surface area contributed by atoms with E-state index in [0.717, 1.165) is 0 Å². The zero-order valence-corrected chi connectivity index (χ0v) is 14.2. The van der Waals surface area contributed by atoms with Gasteiger partial charge in [-0.05, 0) is 34.1 Å². The highest BCUT2D eigenvalue weighted by Gasteiger charge is 2.21. The summed E-state index contributed by atoms with van der Waals surface area (Å²) in [4.78, 5) is 3.69. The Morgan fingerprint density at radius 1 is 1.20 bits per heavy atom. The maximum atomic E-state index is 12.3. The van der Waals surface area contributed by atoms with E-state index in [1.807, 2.05) is 0 Å². The number of nitrogens with one attached hydrogen (secondary N) is 1. The second-order valence-electron chi connectivity index (χ2n) is 3.65. The molecule has 0 unspecified atom stereocenters. The molecule has 0 aliphatic carbocycles. The van der Waals surface area contributed by atoms with Crippen LogP contribution in [0, 0.1) is 0 Å². The topological polar surface area (TPSA) is 59.1 Å². The molecule has 0 atom stereocenters. The minimum absolute atomic E-state index is 0.0231. The fraction of sp³-hybridized carbons (Fsp3) is 0. The van der Waals surface area contributed by atoms with Gasteiger partial charge in [-0.1, -0.05) is 40.9 Å². The number of sulfonamides is 1. The third-order valence-corrected chi connectivity index (χ3v) is 5.33. The largest absolute Gasteiger partial charge is 0.276 e. The monoisotopic (exact) mass is 414 g/mol. The van der Waals surface area contributed by atoms with Gasteiger partial charge in [0.1, 0.15) is 4.90 Å². The fourth-order valence-corrected chi connectivity index (χ4v) is 3.74. The average molecular weight is 417 g/mol. The molecule has 0 bridgehead atoms. The second kappa shape index (κ2) is 6.07. The Morgan fingerprint density at radius 2 is 1.90 bits per heavy atom. The number of benzene rings is 1. The average Bonchev–Trinajstić information content (AvgIpc) is 2.36. The Labute approximate surface area is 139 Å². The van der Waals surface area contributed by atoms with Crippen molar-refractivity contribution in [3.8, 4) is 0 Å². The van der Waals surface area contributed by atoms with E-state index in [4.69, 9.17) is 34.8 Å². The van der Waals surface area contributed by atoms with Crippen LogP contribution in [0.1, 0.15) is 0 Å². The van der Waals surface area contributed by atoms with Gasteiger partial charge in [0, 0.05) is 10.7 Å². The highest BCUT2D eigenvalue weighted by atomic mass is 79.9. The highest BCUT2D eigenvalue weighted by Crippen LogP contribution is 2.31. The fourth-order valence-electron chi connectivity index (χ4n) is 1.39. The van der Waals surface area contributed by atoms with E-state index in [1.54, 1.807) is 0 Å². The van der Waals surface area contributed by atoms with Crippen LogP contribution in [0.5, 0.6) is 0 Å². The van der Waals surface area contributed by atoms with E-state index in [2.05, 4.69) is 25.6 Å². The first kappa shape index (κ1) is 15.9. The molecule has 1 heterocycles. The van der Waals surface area contributed by atoms with Gasteiger partial charge in [-0.25, -0.2) is 13.4 Å². The summed E-state index contributed by atoms with van der Waals surface area (Å²) in [5.41, 5.74) is 0.136. The Bertz CT molecular complexity index is 768. The minimum Gasteiger partial charge on any atom is -0.276 e. The standard InChI is InChI=1S/C11H6BrCl3N2O2S/c12-6-4-8(11(15)16-5-6)17-20(18,19)9-3-1-2-7(13)10(9)14/h1-5,17H. The van der Waals surface area contributed by atoms with E-state index >= 15 is 0 Å². The molecule has 0 fully saturated rings. The SMILES string of the molecule is O=S(=O)(Nc1cc(Br)cnc1Cl)c1cccc(Cl)c1Cl. The summed E-state index contributed by atoms with van der Waals surface area (Å²) in [6.07, 6.45) is 1.45. The maximum Gasteiger partial charge on any atom is 0.263 e. The molecule has 0 saturated carbocycles. The van der Waals surface area contributed by atoms with Crippen molar-refractivity contribution in [1.82, 2.24) is 4.98 Å². The molecule has 106 valence electrons. The normalized spacial score (nSPS) is 11.4. The van der Waals surface area contributed by atoms with Crippen LogP contribution < -0.4 is 4.72 Å². The molecular weight excluding hydrogens is 410 g/mol. The summed E-state index contributed by atoms with van der Waals surface area (Å²) >= 11 is 20.7. The van der Waals surface area contributed by atoms with Crippen LogP contribution in [0.25, 0.3) is 0 Å². The highest BCUT2D eigenvalue weighted by molar-refractivity contribution is 9.10. The first-order valence-electron chi connectivity index (χ1n) is 5.09. The Balaban J connectivity index is 2.46. The molecule has 2 rings (SSSR count). The maximum absolute atomic E-state index is 12.3. The number of nitrogens with zero attached hydrogens (tertiary/aromatic N) is 1. The Hall–Kier alpha value is -0.530. The Kier molecular flexibility index (Phi) is 4.81. The number of pyridine rings is 1. The van der Waals surface area contributed by atoms with Gasteiger partial charge in [-0.15, -0.1) is 0 Å². The van der Waals surface area contributed by atoms with Crippen LogP contribution in [0.4, 0.5) is 5.69 Å². The van der Waals surface area contributed by atoms with Gasteiger partial charge in [0.15, 0.2) is 5.15 Å². The summed E-state index contributed by atoms with van der Waals surface area (Å²) in [6, 6.07) is 5.82. The van der Waals surface area contributed by atoms with Crippen molar-refractivity contribution >= 4 is 66.4 Å². The molecule has 20 heavy (non-hydrogen) atoms. The van der Waals surface area contributed by atoms with Crippen molar-refractivity contribution in [2.45, 2.75) is 4.90 Å². The molecule has 1 N–H and O–H groups in total. The molecule has 0 aliphatic rings. The second-order valence-corrected chi connectivity index (χ2v) is 7.36. The zero-order chi connectivity index (χ0) is 14.9. The van der Waals surface area contributed by atoms with Gasteiger partial charge in [0.2, 0.25) is 0 Å². The molecule has 0 amide bonds. The van der Waals surface area contributed by atoms with Gasteiger partial charge in [0.25, 0.3) is 10.0 Å². The van der Waals surface area contributed by atoms with E-state index in [1.165, 1.54) is 30.5 Å². The lowest BCUT2D eigenvalue weighted by Gasteiger charge is -2.11. The van der Waals surface area contributed by atoms with Crippen LogP contribution in [0.15, 0.2) is 39.8 Å². The lowest BCUT2D eigenvalue weighted by molar-refractivity contribution is 0.601. The molecule has 1 aromatic heterocycles. The van der Waals surface area contributed by atoms with Crippen LogP contribution in [0.2, 0.25) is 15.2 Å². The third kappa shape index (κ3) is 3.38. The molecule has 0 spiro atoms. The zero-order valence-electron chi connectivity index (χ0n) is 9.57. The summed E-state index contributed by atoms with van der Waals surface area (Å²) in [5, 5.41) is 0.115. The van der Waals surface area contributed by atoms with Gasteiger partial charge in [0.05, 0.1) is 15.7 Å². The van der Waals surface area contributed by atoms with E-state index < -0.39 is 10.0 Å². The molecule has 1 aromatic carbocycles. The van der Waals surface area contributed by atoms with E-state index in [9.17, 15) is 8.42 Å². The van der Waals surface area contributed by atoms with Crippen LogP contribution in [0.3, 0.4) is 0 Å². The summed E-state index contributed by atoms with van der Waals surface area (Å²) in [7, 11) is -3.92. The quantitative estimate of drug-likeness (QED) is 0.744. The number of hydrogen-bond acceptors (Lipinski definition) is 3. The van der Waals surface area contributed by atoms with E-state index in [0.29, 0.717) is 4.47 Å². The smallest absolute Gasteiger partial charge is 0.263 e. The summed E-state index contributed by atoms with van der Waals surface area (Å²) in [5.74, 6) is 0. The lowest BCUT2D eigenvalue weighted by Crippen LogP contribution is -2.14. The number of halogens is 4. The van der Waals surface area contributed by atoms with Crippen LogP contribution >= 0.6 is 50.7 Å². The molecule has 0 aliphatic heterocycles. The van der Waals surface area contributed by atoms with Crippen molar-refractivity contribution < 1.29 is 8.42 Å². The van der Waals surface area contributed by atoms with Crippen LogP contribution in [-0.2, 0) is 10.0 Å². The molecular formula is C11H6BrCl3N2O2S. The predicted octanol–water partition coefficient (Wildman–Crippen LogP) is 4.61. The van der Waals surface area contributed by atoms with Crippen molar-refractivity contribution in [3.63, 3.8) is 0 Å². The van der Waals surface area contributed by atoms with Crippen molar-refractivity contribution in [2.75, 3.05) is 4.72 Å². The molecule has 0 radical (unpaired) electrons. The van der Waals surface area contributed by atoms with Gasteiger partial charge < -0.3 is 0 Å². The Morgan fingerprint density at radius 3 is 2.60 bits per heavy atom. The van der Waals surface area contributed by atoms with Gasteiger partial charge in [-0.3, -0.25) is 4.72 Å². The van der Waals surface area contributed by atoms with Crippen molar-refractivity contribution in [2.24, 2.45) is 0 Å². The minimum atomic E-state index is -3.92. The number of rotatable bonds is 3. The summed E-state index contributed by atoms with van der Waals surface area (Å²) < 4.78 is 27.5. The lowest BCUT2D eigenvalue weighted by atomic mass is 10.4. The molecule has 2 aromatic rings. The number of anilines is 1. The van der Waals surface area contributed by atoms with E-state index in [-0.39, 0.29) is 25.8 Å². The molecule has 0 saturated heterocycles. The van der Waals surface area contributed by atoms with Gasteiger partial charge in [-0.2, -0.15) is 0 Å². The third-order valence-electron chi connectivity index (χ3n) is 2.26.